The second kappa shape index (κ2) is 6.61. The van der Waals surface area contributed by atoms with E-state index in [4.69, 9.17) is 0 Å². The highest BCUT2D eigenvalue weighted by molar-refractivity contribution is 6.06. The normalized spacial score (nSPS) is 28.4. The summed E-state index contributed by atoms with van der Waals surface area (Å²) >= 11 is 0. The molecular formula is C19H19N3O5. The molecule has 1 saturated carbocycles. The fraction of sp³-hybridized carbons (Fsp3) is 0.421. The predicted molar refractivity (Wildman–Crippen MR) is 95.4 cm³/mol. The van der Waals surface area contributed by atoms with Gasteiger partial charge in [-0.2, -0.15) is 0 Å². The molecule has 5 rings (SSSR count). The number of anilines is 1. The molecule has 3 aliphatic carbocycles. The first-order valence-electron chi connectivity index (χ1n) is 9.03. The summed E-state index contributed by atoms with van der Waals surface area (Å²) in [4.78, 5) is 48.9. The molecule has 4 aliphatic rings. The van der Waals surface area contributed by atoms with Gasteiger partial charge in [0, 0.05) is 30.8 Å². The van der Waals surface area contributed by atoms with E-state index in [-0.39, 0.29) is 60.0 Å². The molecule has 27 heavy (non-hydrogen) atoms. The Hall–Kier alpha value is -3.03. The van der Waals surface area contributed by atoms with Crippen molar-refractivity contribution in [2.45, 2.75) is 19.3 Å². The van der Waals surface area contributed by atoms with Gasteiger partial charge in [0.1, 0.15) is 0 Å². The van der Waals surface area contributed by atoms with Crippen molar-refractivity contribution in [3.63, 3.8) is 0 Å². The molecule has 3 amide bonds. The summed E-state index contributed by atoms with van der Waals surface area (Å²) in [5.74, 6) is -0.927. The monoisotopic (exact) mass is 369 g/mol. The van der Waals surface area contributed by atoms with E-state index < -0.39 is 4.92 Å². The molecule has 2 bridgehead atoms. The minimum absolute atomic E-state index is 0.00330. The molecule has 140 valence electrons. The van der Waals surface area contributed by atoms with Gasteiger partial charge in [-0.3, -0.25) is 29.4 Å². The van der Waals surface area contributed by atoms with E-state index in [2.05, 4.69) is 17.5 Å². The van der Waals surface area contributed by atoms with Crippen molar-refractivity contribution in [3.05, 3.63) is 46.5 Å². The van der Waals surface area contributed by atoms with Crippen LogP contribution in [0.5, 0.6) is 0 Å². The molecule has 1 aromatic carbocycles. The molecule has 1 aromatic rings. The van der Waals surface area contributed by atoms with Gasteiger partial charge in [0.2, 0.25) is 17.7 Å². The number of imide groups is 1. The first-order valence-corrected chi connectivity index (χ1v) is 9.03. The maximum Gasteiger partial charge on any atom is 0.269 e. The Balaban J connectivity index is 1.36. The number of allylic oxidation sites excluding steroid dienone is 2. The van der Waals surface area contributed by atoms with Crippen LogP contribution in [0.2, 0.25) is 0 Å². The number of nitro groups is 1. The molecule has 1 N–H and O–H groups in total. The van der Waals surface area contributed by atoms with Gasteiger partial charge in [-0.25, -0.2) is 0 Å². The Morgan fingerprint density at radius 2 is 1.63 bits per heavy atom. The SMILES string of the molecule is O=C(CCN1C(=O)[C@@H]2[C@@H](C1=O)[C@H]1C=C[C@H]2CC1)Nc1ccc([N+](=O)[O-])cc1. The number of nitrogens with one attached hydrogen (secondary N) is 1. The first-order chi connectivity index (χ1) is 13.0. The van der Waals surface area contributed by atoms with Gasteiger partial charge in [0.25, 0.3) is 5.69 Å². The summed E-state index contributed by atoms with van der Waals surface area (Å²) in [7, 11) is 0. The van der Waals surface area contributed by atoms with Crippen LogP contribution in [-0.4, -0.2) is 34.1 Å². The largest absolute Gasteiger partial charge is 0.326 e. The Kier molecular flexibility index (Phi) is 4.25. The fourth-order valence-corrected chi connectivity index (χ4v) is 4.46. The Morgan fingerprint density at radius 3 is 2.11 bits per heavy atom. The number of carbonyl (C=O) groups excluding carboxylic acids is 3. The number of benzene rings is 1. The summed E-state index contributed by atoms with van der Waals surface area (Å²) in [5.41, 5.74) is 0.368. The summed E-state index contributed by atoms with van der Waals surface area (Å²) < 4.78 is 0. The van der Waals surface area contributed by atoms with E-state index in [1.54, 1.807) is 0 Å². The average molecular weight is 369 g/mol. The van der Waals surface area contributed by atoms with Crippen molar-refractivity contribution < 1.29 is 19.3 Å². The van der Waals surface area contributed by atoms with Crippen molar-refractivity contribution in [1.29, 1.82) is 0 Å². The number of hydrogen-bond acceptors (Lipinski definition) is 5. The molecule has 4 atom stereocenters. The van der Waals surface area contributed by atoms with E-state index in [1.807, 2.05) is 0 Å². The molecule has 1 saturated heterocycles. The molecule has 0 aromatic heterocycles. The third-order valence-corrected chi connectivity index (χ3v) is 5.77. The third kappa shape index (κ3) is 3.01. The van der Waals surface area contributed by atoms with Gasteiger partial charge in [-0.15, -0.1) is 0 Å². The maximum atomic E-state index is 12.7. The zero-order valence-electron chi connectivity index (χ0n) is 14.5. The average Bonchev–Trinajstić information content (AvgIpc) is 2.94. The zero-order valence-corrected chi connectivity index (χ0v) is 14.5. The quantitative estimate of drug-likeness (QED) is 0.370. The van der Waals surface area contributed by atoms with Crippen LogP contribution in [0, 0.1) is 33.8 Å². The second-order valence-electron chi connectivity index (χ2n) is 7.27. The highest BCUT2D eigenvalue weighted by Crippen LogP contribution is 2.49. The lowest BCUT2D eigenvalue weighted by molar-refractivity contribution is -0.384. The van der Waals surface area contributed by atoms with E-state index >= 15 is 0 Å². The van der Waals surface area contributed by atoms with Gasteiger partial charge in [-0.1, -0.05) is 12.2 Å². The number of nitro benzene ring substituents is 1. The number of amides is 3. The minimum atomic E-state index is -0.516. The van der Waals surface area contributed by atoms with Crippen LogP contribution in [0.25, 0.3) is 0 Å². The van der Waals surface area contributed by atoms with E-state index in [1.165, 1.54) is 29.2 Å². The van der Waals surface area contributed by atoms with Crippen molar-refractivity contribution in [1.82, 2.24) is 4.90 Å². The van der Waals surface area contributed by atoms with E-state index in [0.717, 1.165) is 12.8 Å². The van der Waals surface area contributed by atoms with Crippen LogP contribution in [0.3, 0.4) is 0 Å². The van der Waals surface area contributed by atoms with Gasteiger partial charge >= 0.3 is 0 Å². The Labute approximate surface area is 155 Å². The number of fused-ring (bicyclic) bond motifs is 1. The third-order valence-electron chi connectivity index (χ3n) is 5.77. The summed E-state index contributed by atoms with van der Waals surface area (Å²) in [6, 6.07) is 5.49. The van der Waals surface area contributed by atoms with Crippen LogP contribution in [0.4, 0.5) is 11.4 Å². The number of likely N-dealkylation sites (tertiary alicyclic amines) is 1. The molecule has 0 spiro atoms. The highest BCUT2D eigenvalue weighted by atomic mass is 16.6. The number of nitrogens with zero attached hydrogens (tertiary/aromatic N) is 2. The van der Waals surface area contributed by atoms with Crippen LogP contribution in [-0.2, 0) is 14.4 Å². The van der Waals surface area contributed by atoms with Crippen LogP contribution < -0.4 is 5.32 Å². The van der Waals surface area contributed by atoms with Crippen molar-refractivity contribution >= 4 is 29.1 Å². The molecule has 1 heterocycles. The standard InChI is InChI=1S/C19H19N3O5/c23-15(20-13-5-7-14(8-6-13)22(26)27)9-10-21-18(24)16-11-1-2-12(4-3-11)17(16)19(21)25/h1-2,5-8,11-12,16-17H,3-4,9-10H2,(H,20,23)/t11-,12-,16-,17-/m0/s1. The highest BCUT2D eigenvalue weighted by Gasteiger charge is 2.56. The lowest BCUT2D eigenvalue weighted by Crippen LogP contribution is -2.38. The molecule has 2 fully saturated rings. The smallest absolute Gasteiger partial charge is 0.269 e. The predicted octanol–water partition coefficient (Wildman–Crippen LogP) is 2.12. The van der Waals surface area contributed by atoms with Gasteiger partial charge in [-0.05, 0) is 36.8 Å². The van der Waals surface area contributed by atoms with Gasteiger partial charge < -0.3 is 5.32 Å². The number of hydrogen-bond donors (Lipinski definition) is 1. The molecule has 0 unspecified atom stereocenters. The number of carbonyl (C=O) groups is 3. The second-order valence-corrected chi connectivity index (χ2v) is 7.27. The molecular weight excluding hydrogens is 350 g/mol. The minimum Gasteiger partial charge on any atom is -0.326 e. The van der Waals surface area contributed by atoms with E-state index in [9.17, 15) is 24.5 Å². The summed E-state index contributed by atoms with van der Waals surface area (Å²) in [6.45, 7) is 0.0585. The van der Waals surface area contributed by atoms with Crippen molar-refractivity contribution in [3.8, 4) is 0 Å². The van der Waals surface area contributed by atoms with E-state index in [0.29, 0.717) is 5.69 Å². The Bertz CT molecular complexity index is 815. The summed E-state index contributed by atoms with van der Waals surface area (Å²) in [5, 5.41) is 13.3. The molecule has 0 radical (unpaired) electrons. The fourth-order valence-electron chi connectivity index (χ4n) is 4.46. The Morgan fingerprint density at radius 1 is 1.07 bits per heavy atom. The lowest BCUT2D eigenvalue weighted by Gasteiger charge is -2.38. The molecule has 1 aliphatic heterocycles. The van der Waals surface area contributed by atoms with Crippen LogP contribution in [0.1, 0.15) is 19.3 Å². The zero-order chi connectivity index (χ0) is 19.1. The summed E-state index contributed by atoms with van der Waals surface area (Å²) in [6.07, 6.45) is 6.00. The van der Waals surface area contributed by atoms with Crippen LogP contribution >= 0.6 is 0 Å². The van der Waals surface area contributed by atoms with Crippen LogP contribution in [0.15, 0.2) is 36.4 Å². The van der Waals surface area contributed by atoms with Crippen molar-refractivity contribution in [2.75, 3.05) is 11.9 Å². The van der Waals surface area contributed by atoms with Crippen molar-refractivity contribution in [2.24, 2.45) is 23.7 Å². The van der Waals surface area contributed by atoms with Gasteiger partial charge in [0.05, 0.1) is 16.8 Å². The maximum absolute atomic E-state index is 12.7. The number of rotatable bonds is 5. The van der Waals surface area contributed by atoms with Gasteiger partial charge in [0.15, 0.2) is 0 Å². The molecule has 8 heteroatoms. The number of non-ortho nitro benzene ring substituents is 1. The topological polar surface area (TPSA) is 110 Å². The molecule has 8 nitrogen and oxygen atoms in total. The lowest BCUT2D eigenvalue weighted by atomic mass is 9.63. The first kappa shape index (κ1) is 17.4.